The van der Waals surface area contributed by atoms with Gasteiger partial charge >= 0.3 is 5.97 Å². The molecule has 0 aliphatic heterocycles. The molecule has 1 aromatic carbocycles. The third-order valence-corrected chi connectivity index (χ3v) is 3.30. The van der Waals surface area contributed by atoms with E-state index in [1.807, 2.05) is 13.8 Å². The van der Waals surface area contributed by atoms with Gasteiger partial charge in [0.2, 0.25) is 11.7 Å². The quantitative estimate of drug-likeness (QED) is 0.907. The van der Waals surface area contributed by atoms with Crippen LogP contribution in [0.2, 0.25) is 0 Å². The summed E-state index contributed by atoms with van der Waals surface area (Å²) in [4.78, 5) is 15.3. The van der Waals surface area contributed by atoms with Gasteiger partial charge in [0.15, 0.2) is 0 Å². The number of carboxylic acids is 1. The van der Waals surface area contributed by atoms with Crippen molar-refractivity contribution in [2.24, 2.45) is 5.92 Å². The minimum absolute atomic E-state index is 0.115. The molecule has 2 aromatic rings. The van der Waals surface area contributed by atoms with E-state index in [0.717, 1.165) is 0 Å². The van der Waals surface area contributed by atoms with Crippen molar-refractivity contribution in [2.45, 2.75) is 20.3 Å². The Morgan fingerprint density at radius 3 is 2.75 bits per heavy atom. The molecule has 0 radical (unpaired) electrons. The number of aromatic carboxylic acids is 1. The second-order valence-electron chi connectivity index (χ2n) is 4.83. The van der Waals surface area contributed by atoms with Crippen LogP contribution < -0.4 is 0 Å². The van der Waals surface area contributed by atoms with E-state index in [1.54, 1.807) is 6.07 Å². The van der Waals surface area contributed by atoms with Gasteiger partial charge in [0.25, 0.3) is 0 Å². The zero-order valence-corrected chi connectivity index (χ0v) is 12.6. The van der Waals surface area contributed by atoms with Gasteiger partial charge < -0.3 is 9.52 Å². The number of nitrogens with zero attached hydrogens (tertiary/aromatic N) is 1. The number of carboxylic acid groups (broad SMARTS) is 1. The number of oxazole rings is 1. The first-order valence-electron chi connectivity index (χ1n) is 6.07. The maximum Gasteiger partial charge on any atom is 0.373 e. The van der Waals surface area contributed by atoms with Gasteiger partial charge in [-0.2, -0.15) is 0 Å². The minimum atomic E-state index is -1.17. The van der Waals surface area contributed by atoms with Crippen LogP contribution in [0.15, 0.2) is 27.1 Å². The van der Waals surface area contributed by atoms with E-state index in [9.17, 15) is 9.18 Å². The Morgan fingerprint density at radius 2 is 2.20 bits per heavy atom. The third kappa shape index (κ3) is 3.07. The normalized spacial score (nSPS) is 11.1. The van der Waals surface area contributed by atoms with Gasteiger partial charge in [0.1, 0.15) is 5.82 Å². The Bertz CT molecular complexity index is 652. The summed E-state index contributed by atoms with van der Waals surface area (Å²) in [6.45, 7) is 3.92. The second kappa shape index (κ2) is 5.75. The van der Waals surface area contributed by atoms with Crippen molar-refractivity contribution in [1.29, 1.82) is 0 Å². The van der Waals surface area contributed by atoms with Crippen LogP contribution >= 0.6 is 15.9 Å². The summed E-state index contributed by atoms with van der Waals surface area (Å²) in [5, 5.41) is 9.12. The Hall–Kier alpha value is -1.69. The van der Waals surface area contributed by atoms with Crippen LogP contribution in [0.3, 0.4) is 0 Å². The Balaban J connectivity index is 2.46. The fourth-order valence-corrected chi connectivity index (χ4v) is 2.04. The van der Waals surface area contributed by atoms with E-state index in [-0.39, 0.29) is 17.6 Å². The molecule has 4 nitrogen and oxygen atoms in total. The Kier molecular flexibility index (Phi) is 4.23. The van der Waals surface area contributed by atoms with Gasteiger partial charge in [-0.3, -0.25) is 0 Å². The summed E-state index contributed by atoms with van der Waals surface area (Å²) in [7, 11) is 0. The Labute approximate surface area is 123 Å². The maximum absolute atomic E-state index is 13.5. The number of hydrogen-bond donors (Lipinski definition) is 1. The molecule has 20 heavy (non-hydrogen) atoms. The van der Waals surface area contributed by atoms with Crippen molar-refractivity contribution < 1.29 is 18.7 Å². The highest BCUT2D eigenvalue weighted by Crippen LogP contribution is 2.27. The summed E-state index contributed by atoms with van der Waals surface area (Å²) in [5.74, 6) is -1.45. The summed E-state index contributed by atoms with van der Waals surface area (Å²) in [5.41, 5.74) is 0.786. The lowest BCUT2D eigenvalue weighted by atomic mass is 10.1. The van der Waals surface area contributed by atoms with E-state index in [0.29, 0.717) is 22.2 Å². The predicted octanol–water partition coefficient (Wildman–Crippen LogP) is 4.14. The largest absolute Gasteiger partial charge is 0.475 e. The zero-order valence-electron chi connectivity index (χ0n) is 11.0. The smallest absolute Gasteiger partial charge is 0.373 e. The molecule has 0 fully saturated rings. The van der Waals surface area contributed by atoms with Gasteiger partial charge in [-0.1, -0.05) is 13.8 Å². The maximum atomic E-state index is 13.5. The van der Waals surface area contributed by atoms with Gasteiger partial charge in [0, 0.05) is 5.56 Å². The molecule has 0 atom stereocenters. The first-order chi connectivity index (χ1) is 9.38. The molecule has 0 saturated heterocycles. The molecule has 0 bridgehead atoms. The minimum Gasteiger partial charge on any atom is -0.475 e. The molecule has 2 rings (SSSR count). The Morgan fingerprint density at radius 1 is 1.50 bits per heavy atom. The van der Waals surface area contributed by atoms with Crippen molar-refractivity contribution >= 4 is 21.9 Å². The lowest BCUT2D eigenvalue weighted by molar-refractivity contribution is 0.0661. The van der Waals surface area contributed by atoms with Crippen LogP contribution in [0.1, 0.15) is 30.1 Å². The molecule has 0 aliphatic carbocycles. The molecule has 0 amide bonds. The monoisotopic (exact) mass is 341 g/mol. The summed E-state index contributed by atoms with van der Waals surface area (Å²) >= 11 is 3.06. The number of hydrogen-bond acceptors (Lipinski definition) is 3. The van der Waals surface area contributed by atoms with Crippen molar-refractivity contribution in [3.8, 4) is 11.5 Å². The second-order valence-corrected chi connectivity index (χ2v) is 5.68. The van der Waals surface area contributed by atoms with Crippen LogP contribution in [0.25, 0.3) is 11.5 Å². The molecule has 1 N–H and O–H groups in total. The predicted molar refractivity (Wildman–Crippen MR) is 75.1 cm³/mol. The molecule has 1 heterocycles. The van der Waals surface area contributed by atoms with Crippen LogP contribution in [0.4, 0.5) is 4.39 Å². The lowest BCUT2D eigenvalue weighted by Crippen LogP contribution is -2.03. The van der Waals surface area contributed by atoms with Crippen LogP contribution in [0.5, 0.6) is 0 Å². The van der Waals surface area contributed by atoms with Crippen molar-refractivity contribution in [2.75, 3.05) is 0 Å². The molecule has 0 saturated carbocycles. The molecule has 6 heteroatoms. The number of benzene rings is 1. The van der Waals surface area contributed by atoms with E-state index in [4.69, 9.17) is 9.52 Å². The van der Waals surface area contributed by atoms with Gasteiger partial charge in [-0.05, 0) is 46.5 Å². The first kappa shape index (κ1) is 14.7. The topological polar surface area (TPSA) is 63.3 Å². The zero-order chi connectivity index (χ0) is 14.9. The first-order valence-corrected chi connectivity index (χ1v) is 6.86. The molecular weight excluding hydrogens is 329 g/mol. The molecular formula is C14H13BrFNO3. The standard InChI is InChI=1S/C14H13BrFNO3/c1-7(2)5-11-12(14(18)19)20-13(17-11)8-3-4-9(15)10(16)6-8/h3-4,6-7H,5H2,1-2H3,(H,18,19). The molecule has 1 aromatic heterocycles. The van der Waals surface area contributed by atoms with Crippen LogP contribution in [-0.4, -0.2) is 16.1 Å². The van der Waals surface area contributed by atoms with Crippen molar-refractivity contribution in [3.63, 3.8) is 0 Å². The molecule has 0 spiro atoms. The van der Waals surface area contributed by atoms with Crippen molar-refractivity contribution in [3.05, 3.63) is 39.9 Å². The highest BCUT2D eigenvalue weighted by molar-refractivity contribution is 9.10. The molecule has 0 aliphatic rings. The highest BCUT2D eigenvalue weighted by Gasteiger charge is 2.21. The molecule has 0 unspecified atom stereocenters. The fraction of sp³-hybridized carbons (Fsp3) is 0.286. The summed E-state index contributed by atoms with van der Waals surface area (Å²) in [6.07, 6.45) is 0.490. The fourth-order valence-electron chi connectivity index (χ4n) is 1.80. The highest BCUT2D eigenvalue weighted by atomic mass is 79.9. The van der Waals surface area contributed by atoms with E-state index >= 15 is 0 Å². The average molecular weight is 342 g/mol. The third-order valence-electron chi connectivity index (χ3n) is 2.66. The number of carbonyl (C=O) groups is 1. The van der Waals surface area contributed by atoms with E-state index in [1.165, 1.54) is 12.1 Å². The van der Waals surface area contributed by atoms with Gasteiger partial charge in [-0.15, -0.1) is 0 Å². The number of rotatable bonds is 4. The van der Waals surface area contributed by atoms with E-state index in [2.05, 4.69) is 20.9 Å². The van der Waals surface area contributed by atoms with Gasteiger partial charge in [0.05, 0.1) is 10.2 Å². The van der Waals surface area contributed by atoms with Crippen molar-refractivity contribution in [1.82, 2.24) is 4.98 Å². The van der Waals surface area contributed by atoms with Crippen LogP contribution in [0, 0.1) is 11.7 Å². The summed E-state index contributed by atoms with van der Waals surface area (Å²) < 4.78 is 19.1. The van der Waals surface area contributed by atoms with E-state index < -0.39 is 11.8 Å². The SMILES string of the molecule is CC(C)Cc1nc(-c2ccc(Br)c(F)c2)oc1C(=O)O. The van der Waals surface area contributed by atoms with Gasteiger partial charge in [-0.25, -0.2) is 14.2 Å². The lowest BCUT2D eigenvalue weighted by Gasteiger charge is -2.00. The average Bonchev–Trinajstić information content (AvgIpc) is 2.76. The molecule has 106 valence electrons. The summed E-state index contributed by atoms with van der Waals surface area (Å²) in [6, 6.07) is 4.39. The van der Waals surface area contributed by atoms with Crippen LogP contribution in [-0.2, 0) is 6.42 Å². The number of aromatic nitrogens is 1. The number of halogens is 2.